The Morgan fingerprint density at radius 1 is 1.00 bits per heavy atom. The summed E-state index contributed by atoms with van der Waals surface area (Å²) in [5.41, 5.74) is 0.0346. The van der Waals surface area contributed by atoms with Gasteiger partial charge in [-0.2, -0.15) is 5.26 Å². The summed E-state index contributed by atoms with van der Waals surface area (Å²) in [5.74, 6) is -0.887. The summed E-state index contributed by atoms with van der Waals surface area (Å²) >= 11 is 6.24. The van der Waals surface area contributed by atoms with Gasteiger partial charge in [-0.15, -0.1) is 0 Å². The van der Waals surface area contributed by atoms with E-state index in [1.807, 2.05) is 0 Å². The first kappa shape index (κ1) is 31.2. The molecule has 42 heavy (non-hydrogen) atoms. The molecule has 0 saturated heterocycles. The highest BCUT2D eigenvalue weighted by Gasteiger charge is 2.38. The second kappa shape index (κ2) is 13.9. The van der Waals surface area contributed by atoms with E-state index in [1.54, 1.807) is 19.1 Å². The number of carbonyl (C=O) groups excluding carboxylic acids is 2. The SMILES string of the molecule is COc1cc(C#N)c(O[C@H]2CC[C@@](C)(C(=O)O)CC2)cc1C(=O)Nc1cc(Cl)ccc1C(=O)NCC1CCCCCC1. The molecule has 9 nitrogen and oxygen atoms in total. The van der Waals surface area contributed by atoms with E-state index in [2.05, 4.69) is 16.7 Å². The number of hydrogen-bond donors (Lipinski definition) is 3. The van der Waals surface area contributed by atoms with Crippen molar-refractivity contribution >= 4 is 35.1 Å². The second-order valence-corrected chi connectivity index (χ2v) is 12.0. The predicted molar refractivity (Wildman–Crippen MR) is 159 cm³/mol. The van der Waals surface area contributed by atoms with Gasteiger partial charge >= 0.3 is 5.97 Å². The zero-order valence-corrected chi connectivity index (χ0v) is 24.9. The fourth-order valence-corrected chi connectivity index (χ4v) is 5.91. The van der Waals surface area contributed by atoms with Crippen LogP contribution in [0.3, 0.4) is 0 Å². The monoisotopic (exact) mass is 595 g/mol. The summed E-state index contributed by atoms with van der Waals surface area (Å²) in [6.07, 6.45) is 8.57. The van der Waals surface area contributed by atoms with Crippen LogP contribution in [-0.2, 0) is 4.79 Å². The summed E-state index contributed by atoms with van der Waals surface area (Å²) in [5, 5.41) is 25.5. The number of aliphatic carboxylic acids is 1. The van der Waals surface area contributed by atoms with E-state index in [4.69, 9.17) is 21.1 Å². The predicted octanol–water partition coefficient (Wildman–Crippen LogP) is 6.59. The highest BCUT2D eigenvalue weighted by molar-refractivity contribution is 6.31. The third kappa shape index (κ3) is 7.54. The Morgan fingerprint density at radius 2 is 1.69 bits per heavy atom. The zero-order chi connectivity index (χ0) is 30.3. The minimum Gasteiger partial charge on any atom is -0.496 e. The number of halogens is 1. The summed E-state index contributed by atoms with van der Waals surface area (Å²) in [6.45, 7) is 2.30. The molecule has 0 aliphatic heterocycles. The largest absolute Gasteiger partial charge is 0.496 e. The molecule has 3 N–H and O–H groups in total. The number of methoxy groups -OCH3 is 1. The Bertz CT molecular complexity index is 1350. The maximum absolute atomic E-state index is 13.6. The van der Waals surface area contributed by atoms with E-state index in [0.717, 1.165) is 12.8 Å². The highest BCUT2D eigenvalue weighted by atomic mass is 35.5. The summed E-state index contributed by atoms with van der Waals surface area (Å²) in [4.78, 5) is 38.3. The van der Waals surface area contributed by atoms with Gasteiger partial charge in [-0.1, -0.05) is 37.3 Å². The number of ether oxygens (including phenoxy) is 2. The molecule has 0 spiro atoms. The number of nitrogens with zero attached hydrogens (tertiary/aromatic N) is 1. The van der Waals surface area contributed by atoms with Crippen molar-refractivity contribution in [2.75, 3.05) is 19.0 Å². The third-order valence-corrected chi connectivity index (χ3v) is 8.75. The first-order valence-electron chi connectivity index (χ1n) is 14.5. The van der Waals surface area contributed by atoms with Crippen LogP contribution in [0.4, 0.5) is 5.69 Å². The van der Waals surface area contributed by atoms with Crippen LogP contribution in [0, 0.1) is 22.7 Å². The number of carboxylic acids is 1. The van der Waals surface area contributed by atoms with Crippen LogP contribution in [0.2, 0.25) is 5.02 Å². The third-order valence-electron chi connectivity index (χ3n) is 8.51. The average Bonchev–Trinajstić information content (AvgIpc) is 3.26. The van der Waals surface area contributed by atoms with Gasteiger partial charge in [0.05, 0.1) is 41.0 Å². The van der Waals surface area contributed by atoms with Crippen molar-refractivity contribution in [3.8, 4) is 17.6 Å². The molecule has 2 aromatic carbocycles. The highest BCUT2D eigenvalue weighted by Crippen LogP contribution is 2.39. The van der Waals surface area contributed by atoms with E-state index < -0.39 is 17.3 Å². The molecule has 2 saturated carbocycles. The summed E-state index contributed by atoms with van der Waals surface area (Å²) in [6, 6.07) is 9.68. The maximum atomic E-state index is 13.6. The number of nitriles is 1. The lowest BCUT2D eigenvalue weighted by atomic mass is 9.75. The average molecular weight is 596 g/mol. The van der Waals surface area contributed by atoms with E-state index in [-0.39, 0.29) is 45.9 Å². The first-order valence-corrected chi connectivity index (χ1v) is 14.9. The van der Waals surface area contributed by atoms with Gasteiger partial charge in [0, 0.05) is 17.6 Å². The van der Waals surface area contributed by atoms with Crippen LogP contribution in [0.5, 0.6) is 11.5 Å². The molecule has 2 fully saturated rings. The normalized spacial score (nSPS) is 21.0. The molecular formula is C32H38ClN3O6. The van der Waals surface area contributed by atoms with E-state index in [0.29, 0.717) is 43.2 Å². The fraction of sp³-hybridized carbons (Fsp3) is 0.500. The van der Waals surface area contributed by atoms with Gasteiger partial charge in [0.1, 0.15) is 17.6 Å². The molecule has 0 heterocycles. The molecule has 0 aromatic heterocycles. The molecule has 2 aromatic rings. The van der Waals surface area contributed by atoms with Gasteiger partial charge in [0.25, 0.3) is 11.8 Å². The van der Waals surface area contributed by atoms with Crippen LogP contribution in [0.25, 0.3) is 0 Å². The van der Waals surface area contributed by atoms with Crippen molar-refractivity contribution in [3.63, 3.8) is 0 Å². The molecule has 224 valence electrons. The van der Waals surface area contributed by atoms with Crippen LogP contribution >= 0.6 is 11.6 Å². The van der Waals surface area contributed by atoms with Crippen molar-refractivity contribution in [2.24, 2.45) is 11.3 Å². The van der Waals surface area contributed by atoms with Crippen LogP contribution in [-0.4, -0.2) is 42.6 Å². The number of hydrogen-bond acceptors (Lipinski definition) is 6. The van der Waals surface area contributed by atoms with Crippen molar-refractivity contribution in [2.45, 2.75) is 77.2 Å². The van der Waals surface area contributed by atoms with Crippen molar-refractivity contribution in [1.82, 2.24) is 5.32 Å². The summed E-state index contributed by atoms with van der Waals surface area (Å²) < 4.78 is 11.6. The number of rotatable bonds is 9. The van der Waals surface area contributed by atoms with Crippen LogP contribution in [0.15, 0.2) is 30.3 Å². The van der Waals surface area contributed by atoms with Gasteiger partial charge in [0.2, 0.25) is 0 Å². The van der Waals surface area contributed by atoms with Gasteiger partial charge in [-0.3, -0.25) is 14.4 Å². The molecule has 10 heteroatoms. The maximum Gasteiger partial charge on any atom is 0.309 e. The number of amides is 2. The van der Waals surface area contributed by atoms with Crippen LogP contribution in [0.1, 0.15) is 97.4 Å². The first-order chi connectivity index (χ1) is 20.1. The fourth-order valence-electron chi connectivity index (χ4n) is 5.74. The van der Waals surface area contributed by atoms with Gasteiger partial charge in [-0.25, -0.2) is 0 Å². The Hall–Kier alpha value is -3.77. The Morgan fingerprint density at radius 3 is 2.31 bits per heavy atom. The van der Waals surface area contributed by atoms with Gasteiger partial charge in [-0.05, 0) is 75.6 Å². The number of nitrogens with one attached hydrogen (secondary N) is 2. The van der Waals surface area contributed by atoms with Gasteiger partial charge < -0.3 is 25.2 Å². The minimum absolute atomic E-state index is 0.113. The lowest BCUT2D eigenvalue weighted by molar-refractivity contribution is -0.150. The molecule has 2 amide bonds. The van der Waals surface area contributed by atoms with Gasteiger partial charge in [0.15, 0.2) is 0 Å². The number of anilines is 1. The quantitative estimate of drug-likeness (QED) is 0.278. The van der Waals surface area contributed by atoms with Crippen molar-refractivity contribution < 1.29 is 29.0 Å². The Labute approximate surface area is 251 Å². The molecule has 0 bridgehead atoms. The Kier molecular flexibility index (Phi) is 10.3. The molecule has 0 unspecified atom stereocenters. The van der Waals surface area contributed by atoms with Crippen molar-refractivity contribution in [1.29, 1.82) is 5.26 Å². The van der Waals surface area contributed by atoms with Crippen LogP contribution < -0.4 is 20.1 Å². The van der Waals surface area contributed by atoms with Crippen molar-refractivity contribution in [3.05, 3.63) is 52.0 Å². The lowest BCUT2D eigenvalue weighted by Crippen LogP contribution is -2.36. The molecule has 2 aliphatic carbocycles. The molecule has 0 atom stereocenters. The molecule has 4 rings (SSSR count). The zero-order valence-electron chi connectivity index (χ0n) is 24.1. The standard InChI is InChI=1S/C32H38ClN3O6/c1-32(31(39)40)13-11-23(12-14-32)42-27-17-25(28(41-2)15-21(27)18-34)30(38)36-26-16-22(33)9-10-24(26)29(37)35-19-20-7-5-3-4-6-8-20/h9-10,15-17,20,23H,3-8,11-14,19H2,1-2H3,(H,35,37)(H,36,38)(H,39,40)/t23-,32+. The van der Waals surface area contributed by atoms with E-state index in [1.165, 1.54) is 51.0 Å². The lowest BCUT2D eigenvalue weighted by Gasteiger charge is -2.34. The second-order valence-electron chi connectivity index (χ2n) is 11.6. The molecular weight excluding hydrogens is 558 g/mol. The number of benzene rings is 2. The Balaban J connectivity index is 1.52. The topological polar surface area (TPSA) is 138 Å². The molecule has 0 radical (unpaired) electrons. The van der Waals surface area contributed by atoms with E-state index in [9.17, 15) is 24.8 Å². The number of carboxylic acid groups (broad SMARTS) is 1. The molecule has 2 aliphatic rings. The number of carbonyl (C=O) groups is 3. The van der Waals surface area contributed by atoms with E-state index >= 15 is 0 Å². The smallest absolute Gasteiger partial charge is 0.309 e. The summed E-state index contributed by atoms with van der Waals surface area (Å²) in [7, 11) is 1.40. The minimum atomic E-state index is -0.833.